The minimum Gasteiger partial charge on any atom is -0.306 e. The van der Waals surface area contributed by atoms with E-state index in [4.69, 9.17) is 23.2 Å². The molecule has 6 heteroatoms. The Balaban J connectivity index is 1.51. The average Bonchev–Trinajstić information content (AvgIpc) is 3.42. The van der Waals surface area contributed by atoms with Crippen molar-refractivity contribution in [2.75, 3.05) is 5.32 Å². The topological polar surface area (TPSA) is 46.9 Å². The number of benzene rings is 3. The van der Waals surface area contributed by atoms with E-state index in [0.29, 0.717) is 15.7 Å². The minimum absolute atomic E-state index is 0.312. The zero-order chi connectivity index (χ0) is 21.4. The van der Waals surface area contributed by atoms with Crippen molar-refractivity contribution in [3.8, 4) is 22.4 Å². The van der Waals surface area contributed by atoms with Crippen LogP contribution in [0.2, 0.25) is 10.0 Å². The van der Waals surface area contributed by atoms with Gasteiger partial charge in [-0.3, -0.25) is 0 Å². The van der Waals surface area contributed by atoms with Crippen molar-refractivity contribution < 1.29 is 4.79 Å². The number of anilines is 1. The first-order chi connectivity index (χ1) is 15.1. The number of fused-ring (bicyclic) bond motifs is 1. The number of carbonyl (C=O) groups is 1. The summed E-state index contributed by atoms with van der Waals surface area (Å²) in [6, 6.07) is 20.7. The Morgan fingerprint density at radius 1 is 0.839 bits per heavy atom. The molecule has 0 saturated heterocycles. The maximum Gasteiger partial charge on any atom is 0.346 e. The third kappa shape index (κ3) is 4.09. The summed E-state index contributed by atoms with van der Waals surface area (Å²) < 4.78 is 1.35. The number of hydrogen-bond acceptors (Lipinski definition) is 2. The minimum atomic E-state index is -0.312. The van der Waals surface area contributed by atoms with Crippen molar-refractivity contribution in [3.05, 3.63) is 94.1 Å². The standard InChI is InChI=1S/C25H19Cl2N3O/c26-20-9-4-17(5-10-20)23-15-30(29-24(23)18-6-11-21(27)12-7-18)25(31)28-22-13-8-16-2-1-3-19(16)14-22/h4-15H,1-3H2,(H,28,31). The van der Waals surface area contributed by atoms with Crippen LogP contribution in [0.4, 0.5) is 10.5 Å². The molecule has 0 unspecified atom stereocenters. The van der Waals surface area contributed by atoms with Gasteiger partial charge in [-0.25, -0.2) is 4.79 Å². The van der Waals surface area contributed by atoms with Crippen molar-refractivity contribution in [2.45, 2.75) is 19.3 Å². The lowest BCUT2D eigenvalue weighted by atomic mass is 10.0. The first-order valence-electron chi connectivity index (χ1n) is 10.1. The summed E-state index contributed by atoms with van der Waals surface area (Å²) in [6.07, 6.45) is 5.08. The molecule has 1 amide bonds. The number of aromatic nitrogens is 2. The Labute approximate surface area is 190 Å². The van der Waals surface area contributed by atoms with Crippen molar-refractivity contribution in [2.24, 2.45) is 0 Å². The molecule has 0 fully saturated rings. The molecule has 0 spiro atoms. The van der Waals surface area contributed by atoms with E-state index in [9.17, 15) is 4.79 Å². The molecular weight excluding hydrogens is 429 g/mol. The number of nitrogens with one attached hydrogen (secondary N) is 1. The van der Waals surface area contributed by atoms with Crippen LogP contribution < -0.4 is 5.32 Å². The number of hydrogen-bond donors (Lipinski definition) is 1. The molecule has 154 valence electrons. The molecule has 1 heterocycles. The van der Waals surface area contributed by atoms with Gasteiger partial charge in [0.25, 0.3) is 0 Å². The molecule has 3 aromatic carbocycles. The van der Waals surface area contributed by atoms with Gasteiger partial charge in [0, 0.05) is 33.1 Å². The molecule has 31 heavy (non-hydrogen) atoms. The third-order valence-corrected chi connectivity index (χ3v) is 6.05. The Morgan fingerprint density at radius 3 is 2.19 bits per heavy atom. The fourth-order valence-electron chi connectivity index (χ4n) is 3.97. The average molecular weight is 448 g/mol. The maximum absolute atomic E-state index is 13.0. The molecule has 1 aliphatic rings. The Hall–Kier alpha value is -3.08. The van der Waals surface area contributed by atoms with Gasteiger partial charge in [-0.15, -0.1) is 0 Å². The number of aryl methyl sites for hydroxylation is 2. The van der Waals surface area contributed by atoms with E-state index in [-0.39, 0.29) is 6.03 Å². The van der Waals surface area contributed by atoms with Gasteiger partial charge in [0.05, 0.1) is 0 Å². The smallest absolute Gasteiger partial charge is 0.306 e. The van der Waals surface area contributed by atoms with E-state index in [1.807, 2.05) is 54.6 Å². The van der Waals surface area contributed by atoms with Crippen LogP contribution >= 0.6 is 23.2 Å². The van der Waals surface area contributed by atoms with Crippen LogP contribution in [0.15, 0.2) is 72.9 Å². The summed E-state index contributed by atoms with van der Waals surface area (Å²) in [5, 5.41) is 8.87. The second kappa shape index (κ2) is 8.22. The fraction of sp³-hybridized carbons (Fsp3) is 0.120. The summed E-state index contributed by atoms with van der Waals surface area (Å²) in [7, 11) is 0. The van der Waals surface area contributed by atoms with Gasteiger partial charge in [-0.05, 0) is 72.4 Å². The van der Waals surface area contributed by atoms with E-state index in [2.05, 4.69) is 22.5 Å². The zero-order valence-corrected chi connectivity index (χ0v) is 18.1. The molecule has 1 N–H and O–H groups in total. The monoisotopic (exact) mass is 447 g/mol. The summed E-state index contributed by atoms with van der Waals surface area (Å²) in [5.74, 6) is 0. The van der Waals surface area contributed by atoms with Gasteiger partial charge in [0.15, 0.2) is 0 Å². The van der Waals surface area contributed by atoms with Gasteiger partial charge >= 0.3 is 6.03 Å². The molecule has 4 nitrogen and oxygen atoms in total. The number of amides is 1. The highest BCUT2D eigenvalue weighted by Gasteiger charge is 2.18. The SMILES string of the molecule is O=C(Nc1ccc2c(c1)CCC2)n1cc(-c2ccc(Cl)cc2)c(-c2ccc(Cl)cc2)n1. The summed E-state index contributed by atoms with van der Waals surface area (Å²) in [5.41, 5.74) is 6.78. The largest absolute Gasteiger partial charge is 0.346 e. The summed E-state index contributed by atoms with van der Waals surface area (Å²) >= 11 is 12.1. The second-order valence-corrected chi connectivity index (χ2v) is 8.49. The van der Waals surface area contributed by atoms with E-state index < -0.39 is 0 Å². The van der Waals surface area contributed by atoms with Crippen molar-refractivity contribution in [3.63, 3.8) is 0 Å². The number of nitrogens with zero attached hydrogens (tertiary/aromatic N) is 2. The second-order valence-electron chi connectivity index (χ2n) is 7.62. The van der Waals surface area contributed by atoms with E-state index in [1.54, 1.807) is 6.20 Å². The molecular formula is C25H19Cl2N3O. The van der Waals surface area contributed by atoms with E-state index in [0.717, 1.165) is 35.2 Å². The predicted octanol–water partition coefficient (Wildman–Crippen LogP) is 7.09. The van der Waals surface area contributed by atoms with Crippen LogP contribution in [0.25, 0.3) is 22.4 Å². The van der Waals surface area contributed by atoms with Crippen LogP contribution in [0.1, 0.15) is 17.5 Å². The van der Waals surface area contributed by atoms with E-state index >= 15 is 0 Å². The lowest BCUT2D eigenvalue weighted by molar-refractivity contribution is 0.251. The quantitative estimate of drug-likeness (QED) is 0.364. The molecule has 0 atom stereocenters. The summed E-state index contributed by atoms with van der Waals surface area (Å²) in [6.45, 7) is 0. The van der Waals surface area contributed by atoms with Crippen LogP contribution in [-0.4, -0.2) is 15.8 Å². The fourth-order valence-corrected chi connectivity index (χ4v) is 4.22. The molecule has 1 aromatic heterocycles. The Kier molecular flexibility index (Phi) is 5.26. The van der Waals surface area contributed by atoms with Crippen LogP contribution in [0.5, 0.6) is 0 Å². The van der Waals surface area contributed by atoms with Crippen LogP contribution in [-0.2, 0) is 12.8 Å². The molecule has 0 saturated carbocycles. The highest BCUT2D eigenvalue weighted by Crippen LogP contribution is 2.32. The van der Waals surface area contributed by atoms with E-state index in [1.165, 1.54) is 22.2 Å². The molecule has 1 aliphatic carbocycles. The lowest BCUT2D eigenvalue weighted by Crippen LogP contribution is -2.20. The molecule has 0 aliphatic heterocycles. The molecule has 0 radical (unpaired) electrons. The lowest BCUT2D eigenvalue weighted by Gasteiger charge is -2.07. The maximum atomic E-state index is 13.0. The van der Waals surface area contributed by atoms with Crippen molar-refractivity contribution in [1.29, 1.82) is 0 Å². The molecule has 0 bridgehead atoms. The van der Waals surface area contributed by atoms with Gasteiger partial charge in [0.2, 0.25) is 0 Å². The normalized spacial score (nSPS) is 12.6. The van der Waals surface area contributed by atoms with Gasteiger partial charge in [-0.1, -0.05) is 53.5 Å². The number of carbonyl (C=O) groups excluding carboxylic acids is 1. The van der Waals surface area contributed by atoms with Gasteiger partial charge < -0.3 is 5.32 Å². The molecule has 5 rings (SSSR count). The highest BCUT2D eigenvalue weighted by atomic mass is 35.5. The number of halogens is 2. The molecule has 4 aromatic rings. The first-order valence-corrected chi connectivity index (χ1v) is 10.9. The van der Waals surface area contributed by atoms with Crippen molar-refractivity contribution in [1.82, 2.24) is 9.78 Å². The van der Waals surface area contributed by atoms with Gasteiger partial charge in [0.1, 0.15) is 5.69 Å². The predicted molar refractivity (Wildman–Crippen MR) is 126 cm³/mol. The Morgan fingerprint density at radius 2 is 1.48 bits per heavy atom. The van der Waals surface area contributed by atoms with Crippen LogP contribution in [0.3, 0.4) is 0 Å². The summed E-state index contributed by atoms with van der Waals surface area (Å²) in [4.78, 5) is 13.0. The Bertz CT molecular complexity index is 1200. The number of rotatable bonds is 3. The van der Waals surface area contributed by atoms with Crippen LogP contribution in [0, 0.1) is 0 Å². The highest BCUT2D eigenvalue weighted by molar-refractivity contribution is 6.31. The van der Waals surface area contributed by atoms with Gasteiger partial charge in [-0.2, -0.15) is 9.78 Å². The first kappa shape index (κ1) is 19.9. The zero-order valence-electron chi connectivity index (χ0n) is 16.6. The third-order valence-electron chi connectivity index (χ3n) is 5.54. The van der Waals surface area contributed by atoms with Crippen molar-refractivity contribution >= 4 is 34.9 Å².